The molecule has 0 atom stereocenters. The monoisotopic (exact) mass is 422 g/mol. The van der Waals surface area contributed by atoms with Gasteiger partial charge in [0.2, 0.25) is 5.88 Å². The second kappa shape index (κ2) is 8.68. The Bertz CT molecular complexity index is 1010. The third-order valence-corrected chi connectivity index (χ3v) is 4.76. The number of pyridine rings is 1. The number of benzene rings is 1. The van der Waals surface area contributed by atoms with Crippen molar-refractivity contribution in [2.45, 2.75) is 40.2 Å². The fourth-order valence-corrected chi connectivity index (χ4v) is 3.45. The van der Waals surface area contributed by atoms with Crippen LogP contribution in [0, 0.1) is 18.3 Å². The Kier molecular flexibility index (Phi) is 6.76. The van der Waals surface area contributed by atoms with Crippen LogP contribution in [0.4, 0.5) is 0 Å². The molecule has 0 unspecified atom stereocenters. The first-order valence-corrected chi connectivity index (χ1v) is 9.45. The zero-order valence-electron chi connectivity index (χ0n) is 16.0. The largest absolute Gasteiger partial charge is 0.494 e. The molecule has 1 aromatic heterocycles. The van der Waals surface area contributed by atoms with Crippen LogP contribution < -0.4 is 10.3 Å². The maximum atomic E-state index is 13.1. The lowest BCUT2D eigenvalue weighted by molar-refractivity contribution is 0.103. The van der Waals surface area contributed by atoms with Gasteiger partial charge >= 0.3 is 0 Å². The van der Waals surface area contributed by atoms with Crippen molar-refractivity contribution in [3.8, 4) is 17.7 Å². The number of aromatic hydroxyl groups is 1. The van der Waals surface area contributed by atoms with E-state index in [0.29, 0.717) is 6.61 Å². The lowest BCUT2D eigenvalue weighted by Crippen LogP contribution is -2.28. The van der Waals surface area contributed by atoms with Crippen LogP contribution in [0.3, 0.4) is 0 Å². The molecule has 1 N–H and O–H groups in total. The number of halogens is 2. The van der Waals surface area contributed by atoms with Crippen molar-refractivity contribution in [2.75, 3.05) is 6.61 Å². The van der Waals surface area contributed by atoms with Gasteiger partial charge in [-0.1, -0.05) is 30.1 Å². The molecule has 6 nitrogen and oxygen atoms in total. The predicted molar refractivity (Wildman–Crippen MR) is 108 cm³/mol. The van der Waals surface area contributed by atoms with Crippen molar-refractivity contribution in [3.05, 3.63) is 54.8 Å². The molecule has 0 amide bonds. The molecule has 2 rings (SSSR count). The number of ketones is 1. The maximum absolute atomic E-state index is 13.1. The molecular weight excluding hydrogens is 403 g/mol. The lowest BCUT2D eigenvalue weighted by Gasteiger charge is -2.18. The highest BCUT2D eigenvalue weighted by molar-refractivity contribution is 6.38. The first-order valence-electron chi connectivity index (χ1n) is 8.70. The van der Waals surface area contributed by atoms with Crippen molar-refractivity contribution in [2.24, 2.45) is 0 Å². The van der Waals surface area contributed by atoms with Crippen LogP contribution in [0.25, 0.3) is 0 Å². The molecule has 1 aromatic carbocycles. The number of aromatic nitrogens is 1. The van der Waals surface area contributed by atoms with Gasteiger partial charge in [-0.2, -0.15) is 5.26 Å². The number of ether oxygens (including phenoxy) is 1. The van der Waals surface area contributed by atoms with Gasteiger partial charge in [0.25, 0.3) is 5.56 Å². The highest BCUT2D eigenvalue weighted by atomic mass is 35.5. The molecule has 1 heterocycles. The normalized spacial score (nSPS) is 10.8. The van der Waals surface area contributed by atoms with Gasteiger partial charge in [-0.05, 0) is 44.9 Å². The molecule has 0 aliphatic rings. The minimum Gasteiger partial charge on any atom is -0.494 e. The van der Waals surface area contributed by atoms with Gasteiger partial charge in [0.05, 0.1) is 22.2 Å². The number of nitriles is 1. The topological polar surface area (TPSA) is 92.3 Å². The van der Waals surface area contributed by atoms with E-state index in [4.69, 9.17) is 27.9 Å². The summed E-state index contributed by atoms with van der Waals surface area (Å²) in [6.45, 7) is 7.12. The first kappa shape index (κ1) is 21.8. The van der Waals surface area contributed by atoms with E-state index in [2.05, 4.69) is 0 Å². The Morgan fingerprint density at radius 1 is 1.32 bits per heavy atom. The molecule has 0 fully saturated rings. The van der Waals surface area contributed by atoms with Crippen molar-refractivity contribution in [1.82, 2.24) is 4.57 Å². The van der Waals surface area contributed by atoms with E-state index in [1.54, 1.807) is 13.8 Å². The number of nitrogens with zero attached hydrogens (tertiary/aromatic N) is 2. The van der Waals surface area contributed by atoms with Gasteiger partial charge in [-0.3, -0.25) is 14.2 Å². The highest BCUT2D eigenvalue weighted by Gasteiger charge is 2.27. The average Bonchev–Trinajstić information content (AvgIpc) is 2.60. The van der Waals surface area contributed by atoms with Crippen LogP contribution >= 0.6 is 23.2 Å². The molecule has 0 bridgehead atoms. The van der Waals surface area contributed by atoms with Gasteiger partial charge in [-0.25, -0.2) is 0 Å². The van der Waals surface area contributed by atoms with E-state index < -0.39 is 23.3 Å². The first-order chi connectivity index (χ1) is 13.1. The summed E-state index contributed by atoms with van der Waals surface area (Å²) in [6, 6.07) is 4.14. The molecule has 148 valence electrons. The smallest absolute Gasteiger partial charge is 0.271 e. The number of carbonyl (C=O) groups is 1. The zero-order chi connectivity index (χ0) is 21.2. The third kappa shape index (κ3) is 3.87. The summed E-state index contributed by atoms with van der Waals surface area (Å²) >= 11 is 12.4. The number of rotatable bonds is 6. The van der Waals surface area contributed by atoms with E-state index in [1.807, 2.05) is 13.0 Å². The molecule has 0 radical (unpaired) electrons. The Morgan fingerprint density at radius 2 is 1.89 bits per heavy atom. The summed E-state index contributed by atoms with van der Waals surface area (Å²) in [6.07, 6.45) is 0.758. The van der Waals surface area contributed by atoms with Gasteiger partial charge in [-0.15, -0.1) is 0 Å². The van der Waals surface area contributed by atoms with E-state index in [1.165, 1.54) is 19.1 Å². The number of hydrogen-bond donors (Lipinski definition) is 1. The van der Waals surface area contributed by atoms with E-state index in [9.17, 15) is 20.0 Å². The lowest BCUT2D eigenvalue weighted by atomic mass is 9.97. The molecule has 0 spiro atoms. The molecule has 8 heteroatoms. The fourth-order valence-electron chi connectivity index (χ4n) is 2.85. The Hall–Kier alpha value is -2.49. The second-order valence-electron chi connectivity index (χ2n) is 6.53. The van der Waals surface area contributed by atoms with Crippen molar-refractivity contribution < 1.29 is 14.6 Å². The average molecular weight is 423 g/mol. The number of carbonyl (C=O) groups excluding carboxylic acids is 1. The standard InChI is InChI=1S/C20H20Cl2N2O4/c1-5-6-28-18-14(21)7-12(8-15(18)22)17(25)16-11(4)13(9-23)19(26)24(10(2)3)20(16)27/h7-8,10,27H,5-6H2,1-4H3. The van der Waals surface area contributed by atoms with E-state index in [0.717, 1.165) is 11.0 Å². The van der Waals surface area contributed by atoms with E-state index in [-0.39, 0.29) is 38.0 Å². The van der Waals surface area contributed by atoms with Crippen LogP contribution in [0.15, 0.2) is 16.9 Å². The van der Waals surface area contributed by atoms with Crippen molar-refractivity contribution in [3.63, 3.8) is 0 Å². The Labute approximate surface area is 172 Å². The molecule has 28 heavy (non-hydrogen) atoms. The van der Waals surface area contributed by atoms with E-state index >= 15 is 0 Å². The summed E-state index contributed by atoms with van der Waals surface area (Å²) in [5.41, 5.74) is -0.780. The molecule has 2 aromatic rings. The van der Waals surface area contributed by atoms with Gasteiger partial charge in [0.15, 0.2) is 11.5 Å². The zero-order valence-corrected chi connectivity index (χ0v) is 17.5. The maximum Gasteiger partial charge on any atom is 0.271 e. The van der Waals surface area contributed by atoms with Gasteiger partial charge < -0.3 is 9.84 Å². The SMILES string of the molecule is CCCOc1c(Cl)cc(C(=O)c2c(C)c(C#N)c(=O)n(C(C)C)c2O)cc1Cl. The van der Waals surface area contributed by atoms with Gasteiger partial charge in [0, 0.05) is 11.6 Å². The third-order valence-electron chi connectivity index (χ3n) is 4.20. The van der Waals surface area contributed by atoms with Crippen molar-refractivity contribution in [1.29, 1.82) is 5.26 Å². The summed E-state index contributed by atoms with van der Waals surface area (Å²) in [7, 11) is 0. The van der Waals surface area contributed by atoms with Crippen LogP contribution in [-0.4, -0.2) is 22.1 Å². The summed E-state index contributed by atoms with van der Waals surface area (Å²) < 4.78 is 6.51. The summed E-state index contributed by atoms with van der Waals surface area (Å²) in [5.74, 6) is -0.834. The Morgan fingerprint density at radius 3 is 2.36 bits per heavy atom. The molecule has 0 aliphatic carbocycles. The fraction of sp³-hybridized carbons (Fsp3) is 0.350. The summed E-state index contributed by atoms with van der Waals surface area (Å²) in [4.78, 5) is 25.6. The quantitative estimate of drug-likeness (QED) is 0.684. The van der Waals surface area contributed by atoms with Crippen LogP contribution in [0.1, 0.15) is 60.3 Å². The molecular formula is C20H20Cl2N2O4. The van der Waals surface area contributed by atoms with Gasteiger partial charge in [0.1, 0.15) is 11.6 Å². The minimum atomic E-state index is -0.650. The molecule has 0 saturated heterocycles. The predicted octanol–water partition coefficient (Wildman–Crippen LogP) is 4.64. The highest BCUT2D eigenvalue weighted by Crippen LogP contribution is 2.36. The molecule has 0 aliphatic heterocycles. The Balaban J connectivity index is 2.70. The van der Waals surface area contributed by atoms with Crippen LogP contribution in [0.5, 0.6) is 11.6 Å². The van der Waals surface area contributed by atoms with Crippen LogP contribution in [-0.2, 0) is 0 Å². The number of hydrogen-bond acceptors (Lipinski definition) is 5. The van der Waals surface area contributed by atoms with Crippen LogP contribution in [0.2, 0.25) is 10.0 Å². The van der Waals surface area contributed by atoms with Crippen molar-refractivity contribution >= 4 is 29.0 Å². The molecule has 0 saturated carbocycles. The second-order valence-corrected chi connectivity index (χ2v) is 7.34. The minimum absolute atomic E-state index is 0.102. The summed E-state index contributed by atoms with van der Waals surface area (Å²) in [5, 5.41) is 20.3.